The van der Waals surface area contributed by atoms with E-state index in [0.717, 1.165) is 21.5 Å². The molecule has 4 nitrogen and oxygen atoms in total. The van der Waals surface area contributed by atoms with Crippen molar-refractivity contribution < 1.29 is 47.5 Å². The van der Waals surface area contributed by atoms with E-state index in [9.17, 15) is 19.8 Å². The van der Waals surface area contributed by atoms with Crippen LogP contribution in [0.1, 0.15) is 20.7 Å². The van der Waals surface area contributed by atoms with Crippen LogP contribution in [0.5, 0.6) is 0 Å². The molecule has 0 radical (unpaired) electrons. The first-order valence-corrected chi connectivity index (χ1v) is 10.3. The minimum atomic E-state index is -1.12. The Morgan fingerprint density at radius 3 is 1.14 bits per heavy atom. The predicted octanol–water partition coefficient (Wildman–Crippen LogP) is 3.61. The van der Waals surface area contributed by atoms with Crippen LogP contribution in [-0.2, 0) is 27.7 Å². The van der Waals surface area contributed by atoms with Crippen LogP contribution in [0.4, 0.5) is 0 Å². The fraction of sp³-hybridized carbons (Fsp3) is 0. The maximum absolute atomic E-state index is 10.7. The van der Waals surface area contributed by atoms with Gasteiger partial charge in [-0.15, -0.1) is 0 Å². The largest absolute Gasteiger partial charge is 2.00 e. The minimum absolute atomic E-state index is 0. The first-order chi connectivity index (χ1) is 13.4. The number of fused-ring (bicyclic) bond motifs is 2. The number of rotatable bonds is 2. The van der Waals surface area contributed by atoms with E-state index < -0.39 is 11.9 Å². The molecule has 0 aromatic heterocycles. The number of hydrogen-bond acceptors (Lipinski definition) is 4. The Bertz CT molecular complexity index is 1110. The summed E-state index contributed by atoms with van der Waals surface area (Å²) in [6, 6.07) is 22.3. The number of carboxylic acids is 2. The predicted molar refractivity (Wildman–Crippen MR) is 122 cm³/mol. The molecule has 0 N–H and O–H groups in total. The summed E-state index contributed by atoms with van der Waals surface area (Å²) in [5, 5.41) is 25.4. The monoisotopic (exact) mass is 796 g/mol. The van der Waals surface area contributed by atoms with Gasteiger partial charge in [0.25, 0.3) is 0 Å². The minimum Gasteiger partial charge on any atom is -0.545 e. The molecule has 0 aliphatic carbocycles. The normalized spacial score (nSPS) is 10.0. The zero-order valence-electron chi connectivity index (χ0n) is 15.0. The fourth-order valence-corrected chi connectivity index (χ4v) is 4.16. The molecule has 0 bridgehead atoms. The molecule has 4 aromatic carbocycles. The van der Waals surface area contributed by atoms with Crippen molar-refractivity contribution in [1.29, 1.82) is 0 Å². The Morgan fingerprint density at radius 2 is 0.862 bits per heavy atom. The molecule has 140 valence electrons. The second kappa shape index (κ2) is 10.7. The van der Waals surface area contributed by atoms with Gasteiger partial charge in [0.1, 0.15) is 0 Å². The summed E-state index contributed by atoms with van der Waals surface area (Å²) in [5.41, 5.74) is 0.508. The molecule has 0 aliphatic heterocycles. The van der Waals surface area contributed by atoms with Gasteiger partial charge in [0, 0.05) is 18.3 Å². The number of carbonyl (C=O) groups excluding carboxylic acids is 2. The molecule has 0 fully saturated rings. The second-order valence-electron chi connectivity index (χ2n) is 5.93. The van der Waals surface area contributed by atoms with Crippen LogP contribution < -0.4 is 10.2 Å². The van der Waals surface area contributed by atoms with Crippen molar-refractivity contribution in [2.75, 3.05) is 0 Å². The van der Waals surface area contributed by atoms with Gasteiger partial charge in [-0.05, 0) is 91.0 Å². The Morgan fingerprint density at radius 1 is 0.586 bits per heavy atom. The number of halogens is 2. The van der Waals surface area contributed by atoms with Crippen LogP contribution in [-0.4, -0.2) is 11.9 Å². The van der Waals surface area contributed by atoms with Gasteiger partial charge in [0.2, 0.25) is 0 Å². The molecule has 29 heavy (non-hydrogen) atoms. The maximum atomic E-state index is 10.7. The van der Waals surface area contributed by atoms with Gasteiger partial charge in [-0.25, -0.2) is 0 Å². The summed E-state index contributed by atoms with van der Waals surface area (Å²) in [5.74, 6) is -2.25. The quantitative estimate of drug-likeness (QED) is 0.230. The Balaban J connectivity index is 0.000000200. The molecule has 0 saturated heterocycles. The molecule has 0 spiro atoms. The average Bonchev–Trinajstić information content (AvgIpc) is 2.67. The van der Waals surface area contributed by atoms with Crippen LogP contribution in [0.15, 0.2) is 72.8 Å². The third-order valence-electron chi connectivity index (χ3n) is 4.11. The first kappa shape index (κ1) is 24.0. The van der Waals surface area contributed by atoms with Gasteiger partial charge < -0.3 is 19.8 Å². The molecular weight excluding hydrogens is 783 g/mol. The van der Waals surface area contributed by atoms with Gasteiger partial charge in [0.05, 0.1) is 11.9 Å². The summed E-state index contributed by atoms with van der Waals surface area (Å²) >= 11 is 4.01. The first-order valence-electron chi connectivity index (χ1n) is 8.16. The van der Waals surface area contributed by atoms with Crippen molar-refractivity contribution in [3.05, 3.63) is 91.1 Å². The third-order valence-corrected chi connectivity index (χ3v) is 5.90. The molecule has 4 aromatic rings. The third kappa shape index (κ3) is 5.88. The molecule has 0 amide bonds. The van der Waals surface area contributed by atoms with E-state index >= 15 is 0 Å². The number of aromatic carboxylic acids is 2. The van der Waals surface area contributed by atoms with Crippen molar-refractivity contribution in [2.45, 2.75) is 0 Å². The van der Waals surface area contributed by atoms with Crippen molar-refractivity contribution in [3.63, 3.8) is 0 Å². The standard InChI is InChI=1S/2C11H7IO2.Hg/c2*12-10-6-8-4-2-1-3-7(8)5-9(10)11(13)14;/h2*1-6H,(H,13,14);/q;;+2/p-2. The molecular formula is C22H12HgI2O4. The summed E-state index contributed by atoms with van der Waals surface area (Å²) in [6.07, 6.45) is 0. The van der Waals surface area contributed by atoms with E-state index in [2.05, 4.69) is 0 Å². The Labute approximate surface area is 215 Å². The van der Waals surface area contributed by atoms with Crippen LogP contribution >= 0.6 is 45.2 Å². The molecule has 4 rings (SSSR count). The Hall–Kier alpha value is -1.26. The molecule has 7 heteroatoms. The summed E-state index contributed by atoms with van der Waals surface area (Å²) in [4.78, 5) is 21.5. The molecule has 0 atom stereocenters. The number of hydrogen-bond donors (Lipinski definition) is 0. The van der Waals surface area contributed by atoms with Crippen LogP contribution in [0.3, 0.4) is 0 Å². The van der Waals surface area contributed by atoms with E-state index in [1.54, 1.807) is 12.1 Å². The maximum Gasteiger partial charge on any atom is 2.00 e. The van der Waals surface area contributed by atoms with Gasteiger partial charge >= 0.3 is 27.7 Å². The van der Waals surface area contributed by atoms with Crippen molar-refractivity contribution >= 4 is 78.7 Å². The topological polar surface area (TPSA) is 80.3 Å². The summed E-state index contributed by atoms with van der Waals surface area (Å²) in [6.45, 7) is 0. The molecule has 0 unspecified atom stereocenters. The molecule has 0 heterocycles. The zero-order valence-corrected chi connectivity index (χ0v) is 24.8. The zero-order chi connectivity index (χ0) is 20.3. The van der Waals surface area contributed by atoms with Crippen LogP contribution in [0, 0.1) is 7.14 Å². The number of carbonyl (C=O) groups is 2. The SMILES string of the molecule is O=C([O-])c1cc2ccccc2cc1I.O=C([O-])c1cc2ccccc2cc1I.[Hg+2]. The number of benzene rings is 4. The van der Waals surface area contributed by atoms with E-state index in [-0.39, 0.29) is 38.8 Å². The molecule has 0 aliphatic rings. The summed E-state index contributed by atoms with van der Waals surface area (Å²) in [7, 11) is 0. The van der Waals surface area contributed by atoms with Gasteiger partial charge in [-0.3, -0.25) is 0 Å². The summed E-state index contributed by atoms with van der Waals surface area (Å²) < 4.78 is 1.42. The van der Waals surface area contributed by atoms with Gasteiger partial charge in [-0.2, -0.15) is 0 Å². The van der Waals surface area contributed by atoms with Gasteiger partial charge in [0.15, 0.2) is 0 Å². The van der Waals surface area contributed by atoms with E-state index in [0.29, 0.717) is 7.14 Å². The smallest absolute Gasteiger partial charge is 0.545 e. The van der Waals surface area contributed by atoms with Crippen molar-refractivity contribution in [1.82, 2.24) is 0 Å². The average molecular weight is 795 g/mol. The second-order valence-corrected chi connectivity index (χ2v) is 8.26. The van der Waals surface area contributed by atoms with E-state index in [1.165, 1.54) is 0 Å². The Kier molecular flexibility index (Phi) is 8.83. The molecule has 0 saturated carbocycles. The van der Waals surface area contributed by atoms with Crippen LogP contribution in [0.2, 0.25) is 0 Å². The van der Waals surface area contributed by atoms with E-state index in [4.69, 9.17) is 0 Å². The van der Waals surface area contributed by atoms with Crippen molar-refractivity contribution in [3.8, 4) is 0 Å². The van der Waals surface area contributed by atoms with Crippen molar-refractivity contribution in [2.24, 2.45) is 0 Å². The van der Waals surface area contributed by atoms with Gasteiger partial charge in [-0.1, -0.05) is 48.5 Å². The van der Waals surface area contributed by atoms with Crippen LogP contribution in [0.25, 0.3) is 21.5 Å². The number of carboxylic acid groups (broad SMARTS) is 2. The fourth-order valence-electron chi connectivity index (χ4n) is 2.74. The van der Waals surface area contributed by atoms with E-state index in [1.807, 2.05) is 106 Å².